The van der Waals surface area contributed by atoms with E-state index in [0.29, 0.717) is 43.9 Å². The lowest BCUT2D eigenvalue weighted by molar-refractivity contribution is 0.199. The van der Waals surface area contributed by atoms with Crippen molar-refractivity contribution < 1.29 is 26.0 Å². The summed E-state index contributed by atoms with van der Waals surface area (Å²) in [5.41, 5.74) is 2.92. The van der Waals surface area contributed by atoms with Gasteiger partial charge in [0.2, 0.25) is 19.9 Å². The third-order valence-electron chi connectivity index (χ3n) is 7.34. The first-order valence-corrected chi connectivity index (χ1v) is 17.5. The van der Waals surface area contributed by atoms with Gasteiger partial charge in [-0.15, -0.1) is 0 Å². The van der Waals surface area contributed by atoms with Crippen molar-refractivity contribution in [3.05, 3.63) is 102 Å². The number of nitrogens with zero attached hydrogens (tertiary/aromatic N) is 4. The predicted octanol–water partition coefficient (Wildman–Crippen LogP) is 4.83. The minimum atomic E-state index is -3.90. The number of sulfone groups is 1. The molecule has 0 spiro atoms. The van der Waals surface area contributed by atoms with Crippen LogP contribution in [0.1, 0.15) is 24.1 Å². The number of nitrogens with one attached hydrogen (secondary N) is 2. The smallest absolute Gasteiger partial charge is 0.306 e. The number of carbonyl (C=O) groups excluding carboxylic acids is 1. The van der Waals surface area contributed by atoms with E-state index in [2.05, 4.69) is 24.9 Å². The highest BCUT2D eigenvalue weighted by Gasteiger charge is 2.30. The monoisotopic (exact) mass is 652 g/mol. The maximum absolute atomic E-state index is 14.2. The molecule has 1 saturated heterocycles. The molecule has 4 aromatic rings. The lowest BCUT2D eigenvalue weighted by Gasteiger charge is -2.38. The van der Waals surface area contributed by atoms with Gasteiger partial charge in [-0.3, -0.25) is 19.5 Å². The highest BCUT2D eigenvalue weighted by Crippen LogP contribution is 2.27. The Labute approximate surface area is 262 Å². The van der Waals surface area contributed by atoms with Gasteiger partial charge >= 0.3 is 6.03 Å². The number of halogens is 1. The summed E-state index contributed by atoms with van der Waals surface area (Å²) >= 11 is 0. The highest BCUT2D eigenvalue weighted by molar-refractivity contribution is 7.92. The molecule has 236 valence electrons. The third kappa shape index (κ3) is 8.21. The molecular weight excluding hydrogens is 620 g/mol. The van der Waals surface area contributed by atoms with Gasteiger partial charge in [-0.1, -0.05) is 12.1 Å². The summed E-state index contributed by atoms with van der Waals surface area (Å²) in [6.45, 7) is 3.70. The molecule has 1 aliphatic rings. The van der Waals surface area contributed by atoms with Crippen LogP contribution in [0, 0.1) is 12.7 Å². The van der Waals surface area contributed by atoms with Gasteiger partial charge in [0.25, 0.3) is 0 Å². The second kappa shape index (κ2) is 13.3. The summed E-state index contributed by atoms with van der Waals surface area (Å²) in [5, 5.41) is 2.76. The Morgan fingerprint density at radius 3 is 2.24 bits per heavy atom. The maximum atomic E-state index is 14.2. The van der Waals surface area contributed by atoms with E-state index < -0.39 is 25.7 Å². The molecule has 2 N–H and O–H groups in total. The zero-order valence-corrected chi connectivity index (χ0v) is 26.4. The molecule has 3 heterocycles. The largest absolute Gasteiger partial charge is 0.326 e. The van der Waals surface area contributed by atoms with E-state index in [0.717, 1.165) is 17.5 Å². The van der Waals surface area contributed by atoms with E-state index in [1.54, 1.807) is 41.4 Å². The average Bonchev–Trinajstić information content (AvgIpc) is 2.99. The molecule has 2 aromatic carbocycles. The number of anilines is 3. The number of amides is 2. The fourth-order valence-corrected chi connectivity index (χ4v) is 6.88. The van der Waals surface area contributed by atoms with Gasteiger partial charge in [-0.25, -0.2) is 31.0 Å². The molecule has 45 heavy (non-hydrogen) atoms. The van der Waals surface area contributed by atoms with Gasteiger partial charge in [0.15, 0.2) is 5.03 Å². The highest BCUT2D eigenvalue weighted by atomic mass is 32.2. The molecule has 1 fully saturated rings. The first kappa shape index (κ1) is 32.0. The Kier molecular flexibility index (Phi) is 9.46. The number of hydrogen-bond donors (Lipinski definition) is 2. The normalized spacial score (nSPS) is 14.6. The molecule has 0 radical (unpaired) electrons. The van der Waals surface area contributed by atoms with E-state index in [1.807, 2.05) is 6.92 Å². The third-order valence-corrected chi connectivity index (χ3v) is 9.63. The van der Waals surface area contributed by atoms with Crippen LogP contribution in [0.25, 0.3) is 0 Å². The van der Waals surface area contributed by atoms with Crippen LogP contribution in [0.5, 0.6) is 0 Å². The van der Waals surface area contributed by atoms with Crippen molar-refractivity contribution in [2.24, 2.45) is 0 Å². The lowest BCUT2D eigenvalue weighted by Crippen LogP contribution is -2.49. The van der Waals surface area contributed by atoms with Crippen LogP contribution in [-0.2, 0) is 26.4 Å². The standard InChI is InChI=1S/C31H33FN6O5S2/c1-22-6-8-26(20-33-22)35-31(39)38(28-5-3-4-24(32)18-28)27-14-16-37(17-15-27)21-23-7-13-30(34-19-23)45(42,43)29-11-9-25(10-12-29)36-44(2,40)41/h3-13,18-20,27,36H,14-17,21H2,1-2H3,(H,35,39). The summed E-state index contributed by atoms with van der Waals surface area (Å²) in [6, 6.07) is 17.6. The number of carbonyl (C=O) groups is 1. The first-order chi connectivity index (χ1) is 21.4. The number of benzene rings is 2. The molecule has 5 rings (SSSR count). The Morgan fingerprint density at radius 2 is 1.64 bits per heavy atom. The van der Waals surface area contributed by atoms with Crippen LogP contribution in [0.3, 0.4) is 0 Å². The van der Waals surface area contributed by atoms with Crippen LogP contribution in [-0.4, -0.2) is 63.1 Å². The van der Waals surface area contributed by atoms with Crippen LogP contribution >= 0.6 is 0 Å². The minimum Gasteiger partial charge on any atom is -0.306 e. The van der Waals surface area contributed by atoms with E-state index in [-0.39, 0.29) is 27.7 Å². The molecule has 2 amide bonds. The number of aromatic nitrogens is 2. The zero-order chi connectivity index (χ0) is 32.2. The van der Waals surface area contributed by atoms with E-state index in [1.165, 1.54) is 48.7 Å². The van der Waals surface area contributed by atoms with Crippen LogP contribution < -0.4 is 14.9 Å². The first-order valence-electron chi connectivity index (χ1n) is 14.2. The van der Waals surface area contributed by atoms with Crippen LogP contribution in [0.4, 0.5) is 26.2 Å². The molecule has 11 nitrogen and oxygen atoms in total. The van der Waals surface area contributed by atoms with Crippen molar-refractivity contribution >= 4 is 43.0 Å². The number of urea groups is 1. The van der Waals surface area contributed by atoms with Crippen LogP contribution in [0.2, 0.25) is 0 Å². The Morgan fingerprint density at radius 1 is 0.933 bits per heavy atom. The number of pyridine rings is 2. The number of aryl methyl sites for hydroxylation is 1. The second-order valence-corrected chi connectivity index (χ2v) is 14.5. The molecule has 0 aliphatic carbocycles. The van der Waals surface area contributed by atoms with Crippen molar-refractivity contribution in [1.82, 2.24) is 14.9 Å². The van der Waals surface area contributed by atoms with E-state index >= 15 is 0 Å². The molecular formula is C31H33FN6O5S2. The lowest BCUT2D eigenvalue weighted by atomic mass is 10.0. The zero-order valence-electron chi connectivity index (χ0n) is 24.7. The van der Waals surface area contributed by atoms with Crippen molar-refractivity contribution in [1.29, 1.82) is 0 Å². The number of rotatable bonds is 9. The van der Waals surface area contributed by atoms with Gasteiger partial charge in [-0.2, -0.15) is 0 Å². The molecule has 0 unspecified atom stereocenters. The second-order valence-electron chi connectivity index (χ2n) is 10.9. The van der Waals surface area contributed by atoms with E-state index in [9.17, 15) is 26.0 Å². The Bertz CT molecular complexity index is 1860. The Hall–Kier alpha value is -4.40. The van der Waals surface area contributed by atoms with Crippen molar-refractivity contribution in [3.8, 4) is 0 Å². The van der Waals surface area contributed by atoms with Gasteiger partial charge in [-0.05, 0) is 86.0 Å². The van der Waals surface area contributed by atoms with Gasteiger partial charge in [0.05, 0.1) is 23.0 Å². The molecule has 1 aliphatic heterocycles. The topological polar surface area (TPSA) is 142 Å². The van der Waals surface area contributed by atoms with Gasteiger partial charge in [0.1, 0.15) is 5.82 Å². The fourth-order valence-electron chi connectivity index (χ4n) is 5.14. The SMILES string of the molecule is Cc1ccc(NC(=O)N(c2cccc(F)c2)C2CCN(Cc3ccc(S(=O)(=O)c4ccc(NS(C)(=O)=O)cc4)nc3)CC2)cn1. The summed E-state index contributed by atoms with van der Waals surface area (Å²) in [7, 11) is -7.39. The number of hydrogen-bond acceptors (Lipinski definition) is 8. The summed E-state index contributed by atoms with van der Waals surface area (Å²) in [5.74, 6) is -0.432. The average molecular weight is 653 g/mol. The maximum Gasteiger partial charge on any atom is 0.326 e. The molecule has 14 heteroatoms. The number of likely N-dealkylation sites (tertiary alicyclic amines) is 1. The molecule has 2 aromatic heterocycles. The fraction of sp³-hybridized carbons (Fsp3) is 0.258. The van der Waals surface area contributed by atoms with E-state index in [4.69, 9.17) is 0 Å². The number of sulfonamides is 1. The molecule has 0 saturated carbocycles. The quantitative estimate of drug-likeness (QED) is 0.262. The van der Waals surface area contributed by atoms with Crippen molar-refractivity contribution in [2.45, 2.75) is 42.3 Å². The van der Waals surface area contributed by atoms with Gasteiger partial charge < -0.3 is 5.32 Å². The summed E-state index contributed by atoms with van der Waals surface area (Å²) in [4.78, 5) is 25.7. The van der Waals surface area contributed by atoms with Gasteiger partial charge in [0, 0.05) is 48.9 Å². The summed E-state index contributed by atoms with van der Waals surface area (Å²) < 4.78 is 65.4. The Balaban J connectivity index is 1.22. The van der Waals surface area contributed by atoms with Crippen LogP contribution in [0.15, 0.2) is 95.1 Å². The number of piperidine rings is 1. The predicted molar refractivity (Wildman–Crippen MR) is 170 cm³/mol. The van der Waals surface area contributed by atoms with Crippen molar-refractivity contribution in [2.75, 3.05) is 34.3 Å². The summed E-state index contributed by atoms with van der Waals surface area (Å²) in [6.07, 6.45) is 5.40. The molecule has 0 atom stereocenters. The molecule has 0 bridgehead atoms. The van der Waals surface area contributed by atoms with Crippen molar-refractivity contribution in [3.63, 3.8) is 0 Å². The minimum absolute atomic E-state index is 0.00518.